The zero-order valence-electron chi connectivity index (χ0n) is 15.1. The van der Waals surface area contributed by atoms with Crippen molar-refractivity contribution in [2.75, 3.05) is 37.6 Å². The van der Waals surface area contributed by atoms with Crippen LogP contribution in [0.5, 0.6) is 0 Å². The largest absolute Gasteiger partial charge is 0.416 e. The number of benzene rings is 2. The second kappa shape index (κ2) is 8.43. The van der Waals surface area contributed by atoms with Gasteiger partial charge in [-0.3, -0.25) is 15.0 Å². The lowest BCUT2D eigenvalue weighted by Crippen LogP contribution is -2.46. The molecule has 5 nitrogen and oxygen atoms in total. The lowest BCUT2D eigenvalue weighted by molar-refractivity contribution is -0.384. The molecule has 0 bridgehead atoms. The van der Waals surface area contributed by atoms with E-state index in [2.05, 4.69) is 11.0 Å². The van der Waals surface area contributed by atoms with Crippen molar-refractivity contribution in [3.05, 3.63) is 75.8 Å². The van der Waals surface area contributed by atoms with Gasteiger partial charge in [-0.05, 0) is 17.7 Å². The van der Waals surface area contributed by atoms with Gasteiger partial charge >= 0.3 is 6.18 Å². The second-order valence-corrected chi connectivity index (χ2v) is 6.56. The average Bonchev–Trinajstić information content (AvgIpc) is 2.68. The van der Waals surface area contributed by atoms with E-state index >= 15 is 0 Å². The Morgan fingerprint density at radius 3 is 2.32 bits per heavy atom. The first-order valence-corrected chi connectivity index (χ1v) is 8.89. The van der Waals surface area contributed by atoms with E-state index < -0.39 is 22.4 Å². The molecule has 0 aliphatic carbocycles. The molecular formula is C20H20F3N3O2. The third-order valence-corrected chi connectivity index (χ3v) is 4.69. The molecule has 0 unspecified atom stereocenters. The van der Waals surface area contributed by atoms with E-state index in [0.717, 1.165) is 18.2 Å². The van der Waals surface area contributed by atoms with Crippen LogP contribution in [0, 0.1) is 10.1 Å². The van der Waals surface area contributed by atoms with Crippen LogP contribution >= 0.6 is 0 Å². The summed E-state index contributed by atoms with van der Waals surface area (Å²) in [6, 6.07) is 12.6. The number of halogens is 3. The van der Waals surface area contributed by atoms with Crippen molar-refractivity contribution < 1.29 is 18.1 Å². The highest BCUT2D eigenvalue weighted by atomic mass is 19.4. The summed E-state index contributed by atoms with van der Waals surface area (Å²) in [5.41, 5.74) is -0.168. The fourth-order valence-corrected chi connectivity index (χ4v) is 3.19. The van der Waals surface area contributed by atoms with E-state index in [1.807, 2.05) is 36.4 Å². The van der Waals surface area contributed by atoms with Gasteiger partial charge in [-0.1, -0.05) is 42.5 Å². The van der Waals surface area contributed by atoms with E-state index in [9.17, 15) is 23.3 Å². The van der Waals surface area contributed by atoms with Gasteiger partial charge in [0.05, 0.1) is 10.5 Å². The van der Waals surface area contributed by atoms with Gasteiger partial charge in [-0.25, -0.2) is 0 Å². The van der Waals surface area contributed by atoms with Crippen molar-refractivity contribution in [2.24, 2.45) is 0 Å². The highest BCUT2D eigenvalue weighted by Gasteiger charge is 2.34. The summed E-state index contributed by atoms with van der Waals surface area (Å²) in [4.78, 5) is 14.5. The molecule has 0 aromatic heterocycles. The Balaban J connectivity index is 1.63. The number of nitro groups is 1. The molecule has 3 rings (SSSR count). The van der Waals surface area contributed by atoms with Gasteiger partial charge in [-0.2, -0.15) is 13.2 Å². The predicted octanol–water partition coefficient (Wildman–Crippen LogP) is 4.45. The molecule has 0 atom stereocenters. The van der Waals surface area contributed by atoms with Crippen LogP contribution in [0.3, 0.4) is 0 Å². The summed E-state index contributed by atoms with van der Waals surface area (Å²) in [5.74, 6) is 0. The molecule has 0 radical (unpaired) electrons. The van der Waals surface area contributed by atoms with Gasteiger partial charge in [0.25, 0.3) is 5.69 Å². The van der Waals surface area contributed by atoms with E-state index in [-0.39, 0.29) is 5.69 Å². The standard InChI is InChI=1S/C20H20F3N3O2/c21-20(22,23)17-8-9-18(19(15-17)26(27)28)25-13-11-24(12-14-25)10-4-7-16-5-2-1-3-6-16/h1-9,15H,10-14H2. The Kier molecular flexibility index (Phi) is 5.99. The quantitative estimate of drug-likeness (QED) is 0.558. The molecule has 2 aromatic carbocycles. The average molecular weight is 391 g/mol. The number of piperazine rings is 1. The molecule has 1 fully saturated rings. The lowest BCUT2D eigenvalue weighted by Gasteiger charge is -2.35. The number of nitrogens with zero attached hydrogens (tertiary/aromatic N) is 3. The molecule has 1 saturated heterocycles. The highest BCUT2D eigenvalue weighted by molar-refractivity contribution is 5.65. The molecular weight excluding hydrogens is 371 g/mol. The Morgan fingerprint density at radius 1 is 1.04 bits per heavy atom. The number of anilines is 1. The molecule has 148 valence electrons. The Morgan fingerprint density at radius 2 is 1.71 bits per heavy atom. The van der Waals surface area contributed by atoms with Gasteiger partial charge in [-0.15, -0.1) is 0 Å². The van der Waals surface area contributed by atoms with Crippen molar-refractivity contribution in [2.45, 2.75) is 6.18 Å². The van der Waals surface area contributed by atoms with Gasteiger partial charge in [0.1, 0.15) is 5.69 Å². The first-order valence-electron chi connectivity index (χ1n) is 8.89. The smallest absolute Gasteiger partial charge is 0.363 e. The molecule has 1 heterocycles. The number of nitro benzene ring substituents is 1. The maximum atomic E-state index is 12.8. The van der Waals surface area contributed by atoms with Crippen LogP contribution in [-0.4, -0.2) is 42.5 Å². The summed E-state index contributed by atoms with van der Waals surface area (Å²) in [5, 5.41) is 11.3. The van der Waals surface area contributed by atoms with Crippen molar-refractivity contribution in [1.29, 1.82) is 0 Å². The Labute approximate surface area is 160 Å². The minimum Gasteiger partial charge on any atom is -0.363 e. The maximum Gasteiger partial charge on any atom is 0.416 e. The zero-order valence-corrected chi connectivity index (χ0v) is 15.1. The normalized spacial score (nSPS) is 15.9. The van der Waals surface area contributed by atoms with Crippen molar-refractivity contribution in [3.8, 4) is 0 Å². The van der Waals surface area contributed by atoms with E-state index in [0.29, 0.717) is 32.2 Å². The van der Waals surface area contributed by atoms with E-state index in [4.69, 9.17) is 0 Å². The monoisotopic (exact) mass is 391 g/mol. The van der Waals surface area contributed by atoms with Crippen molar-refractivity contribution in [3.63, 3.8) is 0 Å². The summed E-state index contributed by atoms with van der Waals surface area (Å²) >= 11 is 0. The Hall–Kier alpha value is -2.87. The van der Waals surface area contributed by atoms with E-state index in [1.54, 1.807) is 4.90 Å². The molecule has 1 aliphatic rings. The van der Waals surface area contributed by atoms with Crippen LogP contribution in [0.1, 0.15) is 11.1 Å². The second-order valence-electron chi connectivity index (χ2n) is 6.56. The van der Waals surface area contributed by atoms with Crippen LogP contribution in [0.25, 0.3) is 6.08 Å². The van der Waals surface area contributed by atoms with Crippen LogP contribution in [0.4, 0.5) is 24.5 Å². The number of rotatable bonds is 5. The van der Waals surface area contributed by atoms with Crippen LogP contribution < -0.4 is 4.90 Å². The van der Waals surface area contributed by atoms with Gasteiger partial charge in [0.2, 0.25) is 0 Å². The first kappa shape index (κ1) is 19.9. The molecule has 8 heteroatoms. The minimum absolute atomic E-state index is 0.234. The maximum absolute atomic E-state index is 12.8. The van der Waals surface area contributed by atoms with Crippen LogP contribution in [-0.2, 0) is 6.18 Å². The number of hydrogen-bond donors (Lipinski definition) is 0. The minimum atomic E-state index is -4.60. The third kappa shape index (κ3) is 4.89. The summed E-state index contributed by atoms with van der Waals surface area (Å²) in [6.45, 7) is 3.14. The zero-order chi connectivity index (χ0) is 20.1. The van der Waals surface area contributed by atoms with E-state index in [1.165, 1.54) is 6.07 Å². The number of hydrogen-bond acceptors (Lipinski definition) is 4. The first-order chi connectivity index (χ1) is 13.3. The van der Waals surface area contributed by atoms with Crippen LogP contribution in [0.15, 0.2) is 54.6 Å². The molecule has 1 aliphatic heterocycles. The van der Waals surface area contributed by atoms with Gasteiger partial charge < -0.3 is 4.90 Å². The van der Waals surface area contributed by atoms with Crippen molar-refractivity contribution in [1.82, 2.24) is 4.90 Å². The topological polar surface area (TPSA) is 49.6 Å². The molecule has 0 amide bonds. The van der Waals surface area contributed by atoms with Crippen molar-refractivity contribution >= 4 is 17.5 Å². The fraction of sp³-hybridized carbons (Fsp3) is 0.300. The van der Waals surface area contributed by atoms with Crippen LogP contribution in [0.2, 0.25) is 0 Å². The summed E-state index contributed by atoms with van der Waals surface area (Å²) in [6.07, 6.45) is -0.508. The molecule has 0 N–H and O–H groups in total. The molecule has 0 spiro atoms. The molecule has 28 heavy (non-hydrogen) atoms. The number of alkyl halides is 3. The Bertz CT molecular complexity index is 846. The summed E-state index contributed by atoms with van der Waals surface area (Å²) in [7, 11) is 0. The predicted molar refractivity (Wildman–Crippen MR) is 102 cm³/mol. The van der Waals surface area contributed by atoms with Gasteiger partial charge in [0, 0.05) is 38.8 Å². The summed E-state index contributed by atoms with van der Waals surface area (Å²) < 4.78 is 38.5. The highest BCUT2D eigenvalue weighted by Crippen LogP contribution is 2.36. The van der Waals surface area contributed by atoms with Gasteiger partial charge in [0.15, 0.2) is 0 Å². The molecule has 0 saturated carbocycles. The fourth-order valence-electron chi connectivity index (χ4n) is 3.19. The lowest BCUT2D eigenvalue weighted by atomic mass is 10.1. The SMILES string of the molecule is O=[N+]([O-])c1cc(C(F)(F)F)ccc1N1CCN(CC=Cc2ccccc2)CC1. The third-order valence-electron chi connectivity index (χ3n) is 4.69. The molecule has 2 aromatic rings.